The van der Waals surface area contributed by atoms with E-state index in [9.17, 15) is 4.79 Å². The quantitative estimate of drug-likeness (QED) is 0.615. The molecule has 1 aromatic rings. The maximum absolute atomic E-state index is 10.4. The number of carbonyl (C=O) groups is 1. The lowest BCUT2D eigenvalue weighted by Gasteiger charge is -2.02. The molecule has 0 aliphatic heterocycles. The number of carbonyl (C=O) groups excluding carboxylic acids is 1. The summed E-state index contributed by atoms with van der Waals surface area (Å²) < 4.78 is 0. The van der Waals surface area contributed by atoms with E-state index in [0.717, 1.165) is 29.1 Å². The van der Waals surface area contributed by atoms with E-state index in [1.54, 1.807) is 0 Å². The van der Waals surface area contributed by atoms with Crippen molar-refractivity contribution in [1.29, 1.82) is 0 Å². The second-order valence-electron chi connectivity index (χ2n) is 3.45. The normalized spacial score (nSPS) is 11.2. The zero-order valence-corrected chi connectivity index (χ0v) is 9.79. The number of hydrazone groups is 1. The van der Waals surface area contributed by atoms with Crippen LogP contribution >= 0.6 is 11.6 Å². The van der Waals surface area contributed by atoms with Crippen molar-refractivity contribution >= 4 is 23.3 Å². The summed E-state index contributed by atoms with van der Waals surface area (Å²) in [6.07, 6.45) is 1.58. The zero-order valence-electron chi connectivity index (χ0n) is 9.03. The fourth-order valence-electron chi connectivity index (χ4n) is 1.22. The predicted molar refractivity (Wildman–Crippen MR) is 65.6 cm³/mol. The van der Waals surface area contributed by atoms with Gasteiger partial charge >= 0.3 is 6.03 Å². The van der Waals surface area contributed by atoms with Gasteiger partial charge in [0.1, 0.15) is 0 Å². The minimum absolute atomic E-state index is 0.651. The van der Waals surface area contributed by atoms with E-state index in [0.29, 0.717) is 0 Å². The number of halogens is 1. The van der Waals surface area contributed by atoms with Gasteiger partial charge in [-0.05, 0) is 37.5 Å². The van der Waals surface area contributed by atoms with Crippen molar-refractivity contribution in [2.24, 2.45) is 10.8 Å². The molecule has 0 aromatic heterocycles. The summed E-state index contributed by atoms with van der Waals surface area (Å²) in [6, 6.07) is 7.01. The number of aryl methyl sites for hydroxylation is 1. The summed E-state index contributed by atoms with van der Waals surface area (Å²) in [5, 5.41) is 4.54. The van der Waals surface area contributed by atoms with Crippen LogP contribution < -0.4 is 11.2 Å². The SMILES string of the molecule is C/C(CCc1cccc(Cl)c1)=N\NC(N)=O. The van der Waals surface area contributed by atoms with Crippen LogP contribution in [0.4, 0.5) is 4.79 Å². The number of nitrogens with two attached hydrogens (primary N) is 1. The molecule has 0 heterocycles. The molecule has 0 bridgehead atoms. The van der Waals surface area contributed by atoms with Crippen LogP contribution in [0.3, 0.4) is 0 Å². The van der Waals surface area contributed by atoms with Crippen molar-refractivity contribution in [3.8, 4) is 0 Å². The number of urea groups is 1. The summed E-state index contributed by atoms with van der Waals surface area (Å²) in [7, 11) is 0. The Labute approximate surface area is 99.5 Å². The third-order valence-electron chi connectivity index (χ3n) is 2.02. The molecule has 2 amide bonds. The summed E-state index contributed by atoms with van der Waals surface area (Å²) >= 11 is 5.86. The van der Waals surface area contributed by atoms with E-state index < -0.39 is 6.03 Å². The number of hydrogen-bond donors (Lipinski definition) is 2. The van der Waals surface area contributed by atoms with E-state index in [1.807, 2.05) is 31.2 Å². The highest BCUT2D eigenvalue weighted by molar-refractivity contribution is 6.30. The summed E-state index contributed by atoms with van der Waals surface area (Å²) in [5.74, 6) is 0. The minimum Gasteiger partial charge on any atom is -0.350 e. The zero-order chi connectivity index (χ0) is 12.0. The highest BCUT2D eigenvalue weighted by atomic mass is 35.5. The third kappa shape index (κ3) is 4.79. The second-order valence-corrected chi connectivity index (χ2v) is 3.89. The molecule has 16 heavy (non-hydrogen) atoms. The number of nitrogens with zero attached hydrogens (tertiary/aromatic N) is 1. The van der Waals surface area contributed by atoms with Crippen molar-refractivity contribution in [2.45, 2.75) is 19.8 Å². The maximum Gasteiger partial charge on any atom is 0.332 e. The van der Waals surface area contributed by atoms with Gasteiger partial charge in [-0.1, -0.05) is 23.7 Å². The fraction of sp³-hybridized carbons (Fsp3) is 0.273. The lowest BCUT2D eigenvalue weighted by molar-refractivity contribution is 0.249. The second kappa shape index (κ2) is 6.12. The molecule has 0 atom stereocenters. The van der Waals surface area contributed by atoms with Crippen LogP contribution in [0, 0.1) is 0 Å². The van der Waals surface area contributed by atoms with Gasteiger partial charge in [-0.25, -0.2) is 10.2 Å². The molecule has 0 unspecified atom stereocenters. The van der Waals surface area contributed by atoms with Crippen LogP contribution in [0.5, 0.6) is 0 Å². The fourth-order valence-corrected chi connectivity index (χ4v) is 1.44. The molecule has 5 heteroatoms. The van der Waals surface area contributed by atoms with Crippen LogP contribution in [0.15, 0.2) is 29.4 Å². The molecule has 86 valence electrons. The van der Waals surface area contributed by atoms with Gasteiger partial charge in [0.25, 0.3) is 0 Å². The van der Waals surface area contributed by atoms with Crippen LogP contribution in [-0.2, 0) is 6.42 Å². The Balaban J connectivity index is 2.45. The lowest BCUT2D eigenvalue weighted by atomic mass is 10.1. The van der Waals surface area contributed by atoms with Crippen molar-refractivity contribution in [3.05, 3.63) is 34.9 Å². The Morgan fingerprint density at radius 3 is 2.94 bits per heavy atom. The first-order valence-corrected chi connectivity index (χ1v) is 5.29. The van der Waals surface area contributed by atoms with Gasteiger partial charge < -0.3 is 5.73 Å². The van der Waals surface area contributed by atoms with Crippen LogP contribution in [0.2, 0.25) is 5.02 Å². The Kier molecular flexibility index (Phi) is 4.79. The van der Waals surface area contributed by atoms with Gasteiger partial charge in [0.05, 0.1) is 0 Å². The number of amides is 2. The Morgan fingerprint density at radius 1 is 1.56 bits per heavy atom. The third-order valence-corrected chi connectivity index (χ3v) is 2.26. The highest BCUT2D eigenvalue weighted by Gasteiger charge is 1.97. The first-order chi connectivity index (χ1) is 7.58. The van der Waals surface area contributed by atoms with E-state index in [4.69, 9.17) is 17.3 Å². The van der Waals surface area contributed by atoms with Gasteiger partial charge in [-0.15, -0.1) is 0 Å². The largest absolute Gasteiger partial charge is 0.350 e. The average Bonchev–Trinajstić information content (AvgIpc) is 2.23. The Morgan fingerprint density at radius 2 is 2.31 bits per heavy atom. The molecule has 0 aliphatic rings. The smallest absolute Gasteiger partial charge is 0.332 e. The molecule has 1 aromatic carbocycles. The van der Waals surface area contributed by atoms with E-state index in [-0.39, 0.29) is 0 Å². The Bertz CT molecular complexity index is 404. The molecule has 0 saturated carbocycles. The summed E-state index contributed by atoms with van der Waals surface area (Å²) in [4.78, 5) is 10.4. The molecule has 3 N–H and O–H groups in total. The average molecular weight is 240 g/mol. The van der Waals surface area contributed by atoms with Crippen molar-refractivity contribution in [1.82, 2.24) is 5.43 Å². The number of benzene rings is 1. The van der Waals surface area contributed by atoms with Gasteiger partial charge in [0.2, 0.25) is 0 Å². The lowest BCUT2D eigenvalue weighted by Crippen LogP contribution is -2.25. The number of rotatable bonds is 4. The molecule has 0 aliphatic carbocycles. The molecule has 0 saturated heterocycles. The number of nitrogens with one attached hydrogen (secondary N) is 1. The van der Waals surface area contributed by atoms with Gasteiger partial charge in [-0.2, -0.15) is 5.10 Å². The summed E-state index contributed by atoms with van der Waals surface area (Å²) in [6.45, 7) is 1.83. The molecular formula is C11H14ClN3O. The van der Waals surface area contributed by atoms with Crippen molar-refractivity contribution in [3.63, 3.8) is 0 Å². The number of primary amides is 1. The van der Waals surface area contributed by atoms with Gasteiger partial charge in [0, 0.05) is 10.7 Å². The first kappa shape index (κ1) is 12.5. The van der Waals surface area contributed by atoms with E-state index in [2.05, 4.69) is 10.5 Å². The monoisotopic (exact) mass is 239 g/mol. The van der Waals surface area contributed by atoms with E-state index in [1.165, 1.54) is 0 Å². The summed E-state index contributed by atoms with van der Waals surface area (Å²) in [5.41, 5.74) is 9.05. The molecule has 4 nitrogen and oxygen atoms in total. The van der Waals surface area contributed by atoms with Crippen LogP contribution in [-0.4, -0.2) is 11.7 Å². The molecule has 0 spiro atoms. The molecule has 0 radical (unpaired) electrons. The Hall–Kier alpha value is -1.55. The first-order valence-electron chi connectivity index (χ1n) is 4.91. The van der Waals surface area contributed by atoms with Crippen LogP contribution in [0.1, 0.15) is 18.9 Å². The van der Waals surface area contributed by atoms with Gasteiger partial charge in [-0.3, -0.25) is 0 Å². The number of hydrogen-bond acceptors (Lipinski definition) is 2. The highest BCUT2D eigenvalue weighted by Crippen LogP contribution is 2.12. The minimum atomic E-state index is -0.651. The predicted octanol–water partition coefficient (Wildman–Crippen LogP) is 2.32. The van der Waals surface area contributed by atoms with Gasteiger partial charge in [0.15, 0.2) is 0 Å². The molecule has 0 fully saturated rings. The van der Waals surface area contributed by atoms with Crippen molar-refractivity contribution in [2.75, 3.05) is 0 Å². The van der Waals surface area contributed by atoms with Crippen molar-refractivity contribution < 1.29 is 4.79 Å². The standard InChI is InChI=1S/C11H14ClN3O/c1-8(14-15-11(13)16)5-6-9-3-2-4-10(12)7-9/h2-4,7H,5-6H2,1H3,(H3,13,15,16)/b14-8+. The maximum atomic E-state index is 10.4. The van der Waals surface area contributed by atoms with E-state index >= 15 is 0 Å². The van der Waals surface area contributed by atoms with Crippen LogP contribution in [0.25, 0.3) is 0 Å². The topological polar surface area (TPSA) is 67.5 Å². The molecular weight excluding hydrogens is 226 g/mol. The molecule has 1 rings (SSSR count).